The maximum atomic E-state index is 15.4. The van der Waals surface area contributed by atoms with Gasteiger partial charge in [-0.05, 0) is 42.5 Å². The minimum atomic E-state index is -0.738. The van der Waals surface area contributed by atoms with Crippen molar-refractivity contribution in [1.82, 2.24) is 20.1 Å². The highest BCUT2D eigenvalue weighted by Gasteiger charge is 2.38. The summed E-state index contributed by atoms with van der Waals surface area (Å²) < 4.78 is 36.3. The molecule has 0 saturated carbocycles. The lowest BCUT2D eigenvalue weighted by atomic mass is 9.99. The van der Waals surface area contributed by atoms with E-state index in [1.54, 1.807) is 54.4 Å². The Morgan fingerprint density at radius 3 is 2.50 bits per heavy atom. The fraction of sp³-hybridized carbons (Fsp3) is 0.152. The molecule has 1 aliphatic heterocycles. The second-order valence-electron chi connectivity index (χ2n) is 10.00. The number of ether oxygens (including phenoxy) is 1. The molecular weight excluding hydrogens is 584 g/mol. The van der Waals surface area contributed by atoms with Crippen LogP contribution in [0.1, 0.15) is 22.1 Å². The number of nitrogens with zero attached hydrogens (tertiary/aromatic N) is 4. The normalized spacial score (nSPS) is 14.6. The topological polar surface area (TPSA) is 89.3 Å². The number of anilines is 1. The van der Waals surface area contributed by atoms with Crippen molar-refractivity contribution in [2.45, 2.75) is 11.8 Å². The lowest BCUT2D eigenvalue weighted by Crippen LogP contribution is -2.42. The Morgan fingerprint density at radius 2 is 1.80 bits per heavy atom. The third-order valence-electron chi connectivity index (χ3n) is 7.19. The number of thioether (sulfide) groups is 1. The largest absolute Gasteiger partial charge is 0.497 e. The van der Waals surface area contributed by atoms with Gasteiger partial charge >= 0.3 is 0 Å². The summed E-state index contributed by atoms with van der Waals surface area (Å²) in [5.74, 6) is -1.31. The zero-order valence-electron chi connectivity index (χ0n) is 23.6. The Balaban J connectivity index is 1.53. The van der Waals surface area contributed by atoms with Crippen molar-refractivity contribution < 1.29 is 23.1 Å². The molecule has 44 heavy (non-hydrogen) atoms. The first-order valence-electron chi connectivity index (χ1n) is 13.8. The molecule has 0 bridgehead atoms. The van der Waals surface area contributed by atoms with Gasteiger partial charge in [0.1, 0.15) is 29.7 Å². The Morgan fingerprint density at radius 1 is 1.02 bits per heavy atom. The van der Waals surface area contributed by atoms with Gasteiger partial charge in [-0.2, -0.15) is 5.10 Å². The molecule has 2 amide bonds. The van der Waals surface area contributed by atoms with Crippen LogP contribution in [-0.4, -0.2) is 46.0 Å². The highest BCUT2D eigenvalue weighted by molar-refractivity contribution is 8.00. The molecular formula is C33H27F2N5O3S. The van der Waals surface area contributed by atoms with Crippen molar-refractivity contribution in [3.63, 3.8) is 0 Å². The van der Waals surface area contributed by atoms with E-state index in [1.807, 2.05) is 36.4 Å². The van der Waals surface area contributed by atoms with Crippen LogP contribution in [0.2, 0.25) is 0 Å². The summed E-state index contributed by atoms with van der Waals surface area (Å²) in [6.45, 7) is -0.131. The van der Waals surface area contributed by atoms with Crippen molar-refractivity contribution in [2.24, 2.45) is 0 Å². The standard InChI is InChI=1S/C33H27F2N5O3S/c1-43-25-13-11-24(12-14-25)40-33-30(31(38-40)21-7-3-2-4-8-21)32(26-15-10-22(34)17-27(26)35)44-20-29(42)39(33)19-28(41)37-18-23-9-5-6-16-36-23/h2-17,32H,18-20H2,1H3,(H,37,41)/t32-/m0/s1. The summed E-state index contributed by atoms with van der Waals surface area (Å²) in [4.78, 5) is 32.8. The van der Waals surface area contributed by atoms with Crippen LogP contribution >= 0.6 is 11.8 Å². The number of methoxy groups -OCH3 is 1. The summed E-state index contributed by atoms with van der Waals surface area (Å²) in [6.07, 6.45) is 1.64. The maximum absolute atomic E-state index is 15.4. The summed E-state index contributed by atoms with van der Waals surface area (Å²) in [6, 6.07) is 25.3. The van der Waals surface area contributed by atoms with E-state index < -0.39 is 22.8 Å². The zero-order chi connectivity index (χ0) is 30.6. The van der Waals surface area contributed by atoms with Gasteiger partial charge in [-0.3, -0.25) is 19.5 Å². The smallest absolute Gasteiger partial charge is 0.240 e. The highest BCUT2D eigenvalue weighted by Crippen LogP contribution is 2.49. The fourth-order valence-corrected chi connectivity index (χ4v) is 6.30. The molecule has 2 aromatic heterocycles. The number of fused-ring (bicyclic) bond motifs is 1. The fourth-order valence-electron chi connectivity index (χ4n) is 5.08. The second-order valence-corrected chi connectivity index (χ2v) is 11.1. The summed E-state index contributed by atoms with van der Waals surface area (Å²) in [5, 5.41) is 7.07. The number of carbonyl (C=O) groups excluding carboxylic acids is 2. The number of halogens is 2. The van der Waals surface area contributed by atoms with Crippen LogP contribution < -0.4 is 15.0 Å². The van der Waals surface area contributed by atoms with Gasteiger partial charge in [0, 0.05) is 29.0 Å². The molecule has 1 atom stereocenters. The predicted molar refractivity (Wildman–Crippen MR) is 165 cm³/mol. The van der Waals surface area contributed by atoms with Crippen molar-refractivity contribution in [1.29, 1.82) is 0 Å². The van der Waals surface area contributed by atoms with E-state index in [0.29, 0.717) is 34.2 Å². The number of benzene rings is 3. The monoisotopic (exact) mass is 611 g/mol. The zero-order valence-corrected chi connectivity index (χ0v) is 24.4. The van der Waals surface area contributed by atoms with Gasteiger partial charge < -0.3 is 10.1 Å². The Labute approximate surface area is 256 Å². The Bertz CT molecular complexity index is 1800. The number of pyridine rings is 1. The van der Waals surface area contributed by atoms with E-state index in [1.165, 1.54) is 28.8 Å². The Kier molecular flexibility index (Phi) is 8.38. The lowest BCUT2D eigenvalue weighted by Gasteiger charge is -2.23. The highest BCUT2D eigenvalue weighted by atomic mass is 32.2. The van der Waals surface area contributed by atoms with E-state index >= 15 is 4.39 Å². The lowest BCUT2D eigenvalue weighted by molar-refractivity contribution is -0.123. The maximum Gasteiger partial charge on any atom is 0.240 e. The van der Waals surface area contributed by atoms with Gasteiger partial charge in [-0.15, -0.1) is 11.8 Å². The van der Waals surface area contributed by atoms with Gasteiger partial charge in [0.15, 0.2) is 0 Å². The average Bonchev–Trinajstić information content (AvgIpc) is 3.38. The van der Waals surface area contributed by atoms with Crippen LogP contribution in [0.15, 0.2) is 97.2 Å². The summed E-state index contributed by atoms with van der Waals surface area (Å²) >= 11 is 1.20. The quantitative estimate of drug-likeness (QED) is 0.242. The van der Waals surface area contributed by atoms with Crippen LogP contribution in [0, 0.1) is 11.6 Å². The average molecular weight is 612 g/mol. The minimum absolute atomic E-state index is 0.0550. The molecule has 11 heteroatoms. The molecule has 0 aliphatic carbocycles. The van der Waals surface area contributed by atoms with Gasteiger partial charge in [0.2, 0.25) is 11.8 Å². The minimum Gasteiger partial charge on any atom is -0.497 e. The van der Waals surface area contributed by atoms with Crippen LogP contribution in [-0.2, 0) is 16.1 Å². The van der Waals surface area contributed by atoms with Crippen LogP contribution in [0.25, 0.3) is 16.9 Å². The second kappa shape index (κ2) is 12.7. The summed E-state index contributed by atoms with van der Waals surface area (Å²) in [5.41, 5.74) is 3.25. The van der Waals surface area contributed by atoms with Crippen LogP contribution in [0.5, 0.6) is 5.75 Å². The van der Waals surface area contributed by atoms with E-state index in [9.17, 15) is 14.0 Å². The Hall–Kier alpha value is -5.03. The molecule has 0 radical (unpaired) electrons. The SMILES string of the molecule is COc1ccc(-n2nc(-c3ccccc3)c3c2N(CC(=O)NCc2ccccn2)C(=O)CS[C@H]3c2ccc(F)cc2F)cc1. The first-order chi connectivity index (χ1) is 21.4. The van der Waals surface area contributed by atoms with Gasteiger partial charge in [-0.1, -0.05) is 42.5 Å². The number of aromatic nitrogens is 3. The first kappa shape index (κ1) is 29.1. The van der Waals surface area contributed by atoms with E-state index in [4.69, 9.17) is 9.84 Å². The number of nitrogens with one attached hydrogen (secondary N) is 1. The molecule has 8 nitrogen and oxygen atoms in total. The molecule has 3 aromatic carbocycles. The third kappa shape index (κ3) is 5.91. The van der Waals surface area contributed by atoms with Gasteiger partial charge in [0.25, 0.3) is 0 Å². The van der Waals surface area contributed by atoms with Gasteiger partial charge in [0.05, 0.1) is 41.7 Å². The number of rotatable bonds is 8. The third-order valence-corrected chi connectivity index (χ3v) is 8.43. The number of hydrogen-bond acceptors (Lipinski definition) is 6. The van der Waals surface area contributed by atoms with Crippen LogP contribution in [0.4, 0.5) is 14.6 Å². The molecule has 0 fully saturated rings. The number of amides is 2. The molecule has 6 rings (SSSR count). The van der Waals surface area contributed by atoms with Crippen LogP contribution in [0.3, 0.4) is 0 Å². The number of carbonyl (C=O) groups is 2. The summed E-state index contributed by atoms with van der Waals surface area (Å²) in [7, 11) is 1.56. The van der Waals surface area contributed by atoms with Crippen molar-refractivity contribution in [2.75, 3.05) is 24.3 Å². The van der Waals surface area contributed by atoms with E-state index in [-0.39, 0.29) is 30.3 Å². The first-order valence-corrected chi connectivity index (χ1v) is 14.8. The number of hydrogen-bond donors (Lipinski definition) is 1. The van der Waals surface area contributed by atoms with Crippen molar-refractivity contribution in [3.05, 3.63) is 126 Å². The molecule has 0 saturated heterocycles. The molecule has 1 aliphatic rings. The predicted octanol–water partition coefficient (Wildman–Crippen LogP) is 5.71. The van der Waals surface area contributed by atoms with Gasteiger partial charge in [-0.25, -0.2) is 13.5 Å². The molecule has 3 heterocycles. The van der Waals surface area contributed by atoms with E-state index in [2.05, 4.69) is 10.3 Å². The molecule has 0 spiro atoms. The molecule has 5 aromatic rings. The van der Waals surface area contributed by atoms with Crippen molar-refractivity contribution in [3.8, 4) is 22.7 Å². The molecule has 222 valence electrons. The van der Waals surface area contributed by atoms with E-state index in [0.717, 1.165) is 11.6 Å². The van der Waals surface area contributed by atoms with Crippen molar-refractivity contribution >= 4 is 29.4 Å². The molecule has 0 unspecified atom stereocenters. The molecule has 1 N–H and O–H groups in total.